The minimum atomic E-state index is -1.24. The first-order chi connectivity index (χ1) is 7.82. The highest BCUT2D eigenvalue weighted by Crippen LogP contribution is 2.14. The van der Waals surface area contributed by atoms with Crippen LogP contribution >= 0.6 is 0 Å². The number of rotatable bonds is 9. The van der Waals surface area contributed by atoms with Crippen LogP contribution < -0.4 is 0 Å². The Morgan fingerprint density at radius 1 is 0.824 bits per heavy atom. The van der Waals surface area contributed by atoms with Gasteiger partial charge in [-0.2, -0.15) is 0 Å². The van der Waals surface area contributed by atoms with E-state index in [1.54, 1.807) is 0 Å². The maximum Gasteiger partial charge on any atom is 0.306 e. The van der Waals surface area contributed by atoms with E-state index in [9.17, 15) is 19.2 Å². The van der Waals surface area contributed by atoms with Gasteiger partial charge in [-0.1, -0.05) is 0 Å². The lowest BCUT2D eigenvalue weighted by molar-refractivity contribution is -0.145. The van der Waals surface area contributed by atoms with Crippen molar-refractivity contribution in [2.75, 3.05) is 0 Å². The summed E-state index contributed by atoms with van der Waals surface area (Å²) in [6.07, 6.45) is -1.36. The summed E-state index contributed by atoms with van der Waals surface area (Å²) in [5, 5.41) is 25.5. The predicted molar refractivity (Wildman–Crippen MR) is 54.5 cm³/mol. The molecule has 0 aromatic rings. The van der Waals surface area contributed by atoms with Gasteiger partial charge in [0.2, 0.25) is 0 Å². The van der Waals surface area contributed by atoms with Crippen LogP contribution in [0.25, 0.3) is 0 Å². The number of aliphatic carboxylic acids is 3. The summed E-state index contributed by atoms with van der Waals surface area (Å²) < 4.78 is 0. The third-order valence-electron chi connectivity index (χ3n) is 2.15. The van der Waals surface area contributed by atoms with E-state index in [-0.39, 0.29) is 32.1 Å². The molecule has 0 saturated carbocycles. The number of carbonyl (C=O) groups is 4. The number of carboxylic acid groups (broad SMARTS) is 3. The van der Waals surface area contributed by atoms with E-state index in [1.807, 2.05) is 0 Å². The molecule has 96 valence electrons. The minimum absolute atomic E-state index is 0.135. The lowest BCUT2D eigenvalue weighted by Crippen LogP contribution is -2.19. The van der Waals surface area contributed by atoms with E-state index in [0.717, 1.165) is 0 Å². The molecule has 0 fully saturated rings. The summed E-state index contributed by atoms with van der Waals surface area (Å²) in [6.45, 7) is 0. The van der Waals surface area contributed by atoms with Gasteiger partial charge < -0.3 is 15.3 Å². The summed E-state index contributed by atoms with van der Waals surface area (Å²) in [4.78, 5) is 42.4. The molecule has 0 aliphatic rings. The number of ketones is 1. The Balaban J connectivity index is 4.15. The van der Waals surface area contributed by atoms with Crippen molar-refractivity contribution in [3.8, 4) is 0 Å². The third kappa shape index (κ3) is 7.95. The van der Waals surface area contributed by atoms with Crippen LogP contribution in [0.3, 0.4) is 0 Å². The third-order valence-corrected chi connectivity index (χ3v) is 2.15. The molecule has 0 aromatic heterocycles. The molecular weight excluding hydrogens is 232 g/mol. The monoisotopic (exact) mass is 246 g/mol. The fraction of sp³-hybridized carbons (Fsp3) is 0.600. The Labute approximate surface area is 97.1 Å². The molecule has 0 spiro atoms. The van der Waals surface area contributed by atoms with Crippen molar-refractivity contribution in [3.63, 3.8) is 0 Å². The fourth-order valence-electron chi connectivity index (χ4n) is 1.23. The van der Waals surface area contributed by atoms with Crippen LogP contribution in [0.4, 0.5) is 0 Å². The lowest BCUT2D eigenvalue weighted by atomic mass is 9.95. The molecule has 0 rings (SSSR count). The Kier molecular flexibility index (Phi) is 6.54. The fourth-order valence-corrected chi connectivity index (χ4v) is 1.23. The van der Waals surface area contributed by atoms with E-state index < -0.39 is 29.6 Å². The largest absolute Gasteiger partial charge is 0.481 e. The molecule has 3 N–H and O–H groups in total. The standard InChI is InChI=1S/C10H14O7/c11-7(2-4-9(14)15)5-6(10(16)17)1-3-8(12)13/h6H,1-5H2,(H,12,13)(H,14,15)(H,16,17). The van der Waals surface area contributed by atoms with Gasteiger partial charge in [0, 0.05) is 19.3 Å². The van der Waals surface area contributed by atoms with Crippen LogP contribution in [0.15, 0.2) is 0 Å². The van der Waals surface area contributed by atoms with Gasteiger partial charge in [-0.25, -0.2) is 0 Å². The van der Waals surface area contributed by atoms with E-state index >= 15 is 0 Å². The zero-order valence-corrected chi connectivity index (χ0v) is 9.09. The topological polar surface area (TPSA) is 129 Å². The van der Waals surface area contributed by atoms with Gasteiger partial charge in [0.05, 0.1) is 12.3 Å². The van der Waals surface area contributed by atoms with Crippen molar-refractivity contribution in [1.82, 2.24) is 0 Å². The highest BCUT2D eigenvalue weighted by molar-refractivity contribution is 5.86. The lowest BCUT2D eigenvalue weighted by Gasteiger charge is -2.09. The molecular formula is C10H14O7. The number of hydrogen-bond acceptors (Lipinski definition) is 4. The molecule has 0 radical (unpaired) electrons. The molecule has 0 bridgehead atoms. The van der Waals surface area contributed by atoms with Crippen LogP contribution in [0.5, 0.6) is 0 Å². The molecule has 0 amide bonds. The Bertz CT molecular complexity index is 321. The highest BCUT2D eigenvalue weighted by Gasteiger charge is 2.22. The second-order valence-electron chi connectivity index (χ2n) is 3.60. The Hall–Kier alpha value is -1.92. The summed E-state index contributed by atoms with van der Waals surface area (Å²) in [7, 11) is 0. The predicted octanol–water partition coefficient (Wildman–Crippen LogP) is 0.376. The molecule has 7 heteroatoms. The molecule has 0 aliphatic heterocycles. The van der Waals surface area contributed by atoms with Crippen molar-refractivity contribution in [1.29, 1.82) is 0 Å². The molecule has 7 nitrogen and oxygen atoms in total. The van der Waals surface area contributed by atoms with Gasteiger partial charge in [0.1, 0.15) is 5.78 Å². The number of Topliss-reactive ketones (excluding diaryl/α,β-unsaturated/α-hetero) is 1. The first-order valence-electron chi connectivity index (χ1n) is 5.01. The summed E-state index contributed by atoms with van der Waals surface area (Å²) in [6, 6.07) is 0. The maximum atomic E-state index is 11.2. The quantitative estimate of drug-likeness (QED) is 0.536. The van der Waals surface area contributed by atoms with Crippen LogP contribution in [0.2, 0.25) is 0 Å². The maximum absolute atomic E-state index is 11.2. The first kappa shape index (κ1) is 15.1. The van der Waals surface area contributed by atoms with Gasteiger partial charge in [-0.3, -0.25) is 19.2 Å². The molecule has 0 aromatic carbocycles. The van der Waals surface area contributed by atoms with Crippen molar-refractivity contribution < 1.29 is 34.5 Å². The normalized spacial score (nSPS) is 11.8. The van der Waals surface area contributed by atoms with Crippen LogP contribution in [0, 0.1) is 5.92 Å². The van der Waals surface area contributed by atoms with E-state index in [1.165, 1.54) is 0 Å². The summed E-state index contributed by atoms with van der Waals surface area (Å²) >= 11 is 0. The summed E-state index contributed by atoms with van der Waals surface area (Å²) in [5.74, 6) is -5.04. The van der Waals surface area contributed by atoms with Crippen molar-refractivity contribution >= 4 is 23.7 Å². The van der Waals surface area contributed by atoms with Gasteiger partial charge in [-0.15, -0.1) is 0 Å². The Morgan fingerprint density at radius 3 is 1.76 bits per heavy atom. The van der Waals surface area contributed by atoms with Crippen molar-refractivity contribution in [2.45, 2.75) is 32.1 Å². The molecule has 0 saturated heterocycles. The molecule has 0 aliphatic carbocycles. The van der Waals surface area contributed by atoms with E-state index in [4.69, 9.17) is 15.3 Å². The minimum Gasteiger partial charge on any atom is -0.481 e. The van der Waals surface area contributed by atoms with E-state index in [0.29, 0.717) is 0 Å². The van der Waals surface area contributed by atoms with E-state index in [2.05, 4.69) is 0 Å². The number of hydrogen-bond donors (Lipinski definition) is 3. The first-order valence-corrected chi connectivity index (χ1v) is 5.01. The van der Waals surface area contributed by atoms with Gasteiger partial charge in [-0.05, 0) is 6.42 Å². The molecule has 0 heterocycles. The smallest absolute Gasteiger partial charge is 0.306 e. The molecule has 1 atom stereocenters. The second-order valence-corrected chi connectivity index (χ2v) is 3.60. The van der Waals surface area contributed by atoms with Gasteiger partial charge in [0.25, 0.3) is 0 Å². The van der Waals surface area contributed by atoms with Crippen molar-refractivity contribution in [3.05, 3.63) is 0 Å². The van der Waals surface area contributed by atoms with Gasteiger partial charge in [0.15, 0.2) is 0 Å². The highest BCUT2D eigenvalue weighted by atomic mass is 16.4. The SMILES string of the molecule is O=C(O)CCC(=O)CC(CCC(=O)O)C(=O)O. The van der Waals surface area contributed by atoms with Crippen LogP contribution in [-0.4, -0.2) is 39.0 Å². The molecule has 1 unspecified atom stereocenters. The molecule has 17 heavy (non-hydrogen) atoms. The van der Waals surface area contributed by atoms with Gasteiger partial charge >= 0.3 is 17.9 Å². The van der Waals surface area contributed by atoms with Crippen LogP contribution in [-0.2, 0) is 19.2 Å². The summed E-state index contributed by atoms with van der Waals surface area (Å²) in [5.41, 5.74) is 0. The zero-order valence-electron chi connectivity index (χ0n) is 9.09. The Morgan fingerprint density at radius 2 is 1.35 bits per heavy atom. The second kappa shape index (κ2) is 7.37. The average molecular weight is 246 g/mol. The number of carboxylic acids is 3. The van der Waals surface area contributed by atoms with Crippen molar-refractivity contribution in [2.24, 2.45) is 5.92 Å². The average Bonchev–Trinajstić information content (AvgIpc) is 2.20. The van der Waals surface area contributed by atoms with Crippen LogP contribution in [0.1, 0.15) is 32.1 Å². The zero-order chi connectivity index (χ0) is 13.4. The number of carbonyl (C=O) groups excluding carboxylic acids is 1.